The fraction of sp³-hybridized carbons (Fsp3) is 0.333. The number of methoxy groups -OCH3 is 1. The van der Waals surface area contributed by atoms with E-state index in [9.17, 15) is 14.0 Å². The van der Waals surface area contributed by atoms with Gasteiger partial charge in [-0.05, 0) is 68.1 Å². The molecule has 0 fully saturated rings. The van der Waals surface area contributed by atoms with E-state index in [4.69, 9.17) is 9.47 Å². The highest BCUT2D eigenvalue weighted by atomic mass is 19.1. The Morgan fingerprint density at radius 2 is 1.83 bits per heavy atom. The minimum atomic E-state index is -0.798. The van der Waals surface area contributed by atoms with E-state index in [1.54, 1.807) is 20.1 Å². The number of halogens is 1. The van der Waals surface area contributed by atoms with Crippen LogP contribution in [0.2, 0.25) is 0 Å². The molecule has 1 N–H and O–H groups in total. The van der Waals surface area contributed by atoms with Gasteiger partial charge in [-0.15, -0.1) is 0 Å². The number of esters is 1. The third-order valence-corrected chi connectivity index (χ3v) is 5.38. The highest BCUT2D eigenvalue weighted by Gasteiger charge is 2.27. The van der Waals surface area contributed by atoms with Crippen LogP contribution in [0, 0.1) is 11.7 Å². The van der Waals surface area contributed by atoms with E-state index in [-0.39, 0.29) is 24.1 Å². The van der Waals surface area contributed by atoms with Crippen LogP contribution in [0.3, 0.4) is 0 Å². The van der Waals surface area contributed by atoms with Crippen molar-refractivity contribution in [3.63, 3.8) is 0 Å². The van der Waals surface area contributed by atoms with Crippen LogP contribution in [0.5, 0.6) is 5.75 Å². The smallest absolute Gasteiger partial charge is 0.316 e. The predicted molar refractivity (Wildman–Crippen MR) is 113 cm³/mol. The number of aromatic amines is 1. The molecule has 5 nitrogen and oxygen atoms in total. The van der Waals surface area contributed by atoms with Crippen molar-refractivity contribution in [3.8, 4) is 5.75 Å². The number of H-pyrrole nitrogens is 1. The fourth-order valence-corrected chi connectivity index (χ4v) is 3.81. The van der Waals surface area contributed by atoms with Crippen LogP contribution in [-0.2, 0) is 14.3 Å². The Morgan fingerprint density at radius 3 is 2.47 bits per heavy atom. The van der Waals surface area contributed by atoms with Crippen LogP contribution >= 0.6 is 0 Å². The monoisotopic (exact) mass is 411 g/mol. The summed E-state index contributed by atoms with van der Waals surface area (Å²) < 4.78 is 24.0. The summed E-state index contributed by atoms with van der Waals surface area (Å²) in [7, 11) is 1.61. The summed E-state index contributed by atoms with van der Waals surface area (Å²) in [5.74, 6) is -1.15. The molecule has 0 aliphatic rings. The molecule has 6 heteroatoms. The van der Waals surface area contributed by atoms with Gasteiger partial charge in [0.25, 0.3) is 0 Å². The zero-order valence-electron chi connectivity index (χ0n) is 17.4. The number of carbonyl (C=O) groups is 2. The molecule has 0 radical (unpaired) electrons. The molecule has 30 heavy (non-hydrogen) atoms. The molecule has 0 saturated carbocycles. The Morgan fingerprint density at radius 1 is 1.10 bits per heavy atom. The number of nitrogens with one attached hydrogen (secondary N) is 1. The number of rotatable bonds is 9. The maximum atomic E-state index is 13.6. The van der Waals surface area contributed by atoms with E-state index in [1.165, 1.54) is 19.1 Å². The summed E-state index contributed by atoms with van der Waals surface area (Å²) in [4.78, 5) is 27.4. The second kappa shape index (κ2) is 9.57. The first kappa shape index (κ1) is 21.6. The lowest BCUT2D eigenvalue weighted by atomic mass is 9.84. The van der Waals surface area contributed by atoms with Crippen LogP contribution in [0.1, 0.15) is 43.7 Å². The van der Waals surface area contributed by atoms with Gasteiger partial charge in [0.05, 0.1) is 13.7 Å². The second-order valence-corrected chi connectivity index (χ2v) is 7.25. The van der Waals surface area contributed by atoms with Crippen molar-refractivity contribution in [2.45, 2.75) is 32.6 Å². The molecule has 1 heterocycles. The standard InChI is InChI=1S/C24H26FNO4/c1-4-30-24(28)19(15(2)27)11-12-20(16-5-8-18(29-3)9-6-16)22-14-26-23-13-17(25)7-10-21(22)23/h5-10,13-14,19-20,26H,4,11-12H2,1-3H3. The molecular formula is C24H26FNO4. The third kappa shape index (κ3) is 4.70. The quantitative estimate of drug-likeness (QED) is 0.398. The number of aromatic nitrogens is 1. The Labute approximate surface area is 175 Å². The first-order valence-corrected chi connectivity index (χ1v) is 10.0. The SMILES string of the molecule is CCOC(=O)C(CCC(c1ccc(OC)cc1)c1c[nH]c2cc(F)ccc12)C(C)=O. The molecule has 0 amide bonds. The van der Waals surface area contributed by atoms with Crippen LogP contribution in [-0.4, -0.2) is 30.5 Å². The summed E-state index contributed by atoms with van der Waals surface area (Å²) >= 11 is 0. The Hall–Kier alpha value is -3.15. The van der Waals surface area contributed by atoms with Crippen molar-refractivity contribution >= 4 is 22.7 Å². The first-order valence-electron chi connectivity index (χ1n) is 10.0. The van der Waals surface area contributed by atoms with Gasteiger partial charge in [0, 0.05) is 23.0 Å². The lowest BCUT2D eigenvalue weighted by Gasteiger charge is -2.20. The van der Waals surface area contributed by atoms with Crippen LogP contribution in [0.25, 0.3) is 10.9 Å². The molecule has 0 aliphatic heterocycles. The molecule has 2 unspecified atom stereocenters. The van der Waals surface area contributed by atoms with Gasteiger partial charge in [0.2, 0.25) is 0 Å². The fourth-order valence-electron chi connectivity index (χ4n) is 3.81. The highest BCUT2D eigenvalue weighted by molar-refractivity contribution is 5.97. The van der Waals surface area contributed by atoms with Gasteiger partial charge in [-0.2, -0.15) is 0 Å². The van der Waals surface area contributed by atoms with Gasteiger partial charge >= 0.3 is 5.97 Å². The van der Waals surface area contributed by atoms with Gasteiger partial charge in [-0.3, -0.25) is 9.59 Å². The predicted octanol–water partition coefficient (Wildman–Crippen LogP) is 5.00. The van der Waals surface area contributed by atoms with Gasteiger partial charge < -0.3 is 14.5 Å². The number of benzene rings is 2. The minimum absolute atomic E-state index is 0.0913. The molecule has 0 spiro atoms. The Bertz CT molecular complexity index is 1030. The minimum Gasteiger partial charge on any atom is -0.497 e. The number of ether oxygens (including phenoxy) is 2. The van der Waals surface area contributed by atoms with Crippen molar-refractivity contribution in [1.82, 2.24) is 4.98 Å². The summed E-state index contributed by atoms with van der Waals surface area (Å²) in [6.45, 7) is 3.37. The van der Waals surface area contributed by atoms with E-state index in [1.807, 2.05) is 30.5 Å². The largest absolute Gasteiger partial charge is 0.497 e. The first-order chi connectivity index (χ1) is 14.4. The molecule has 0 saturated heterocycles. The van der Waals surface area contributed by atoms with Crippen molar-refractivity contribution < 1.29 is 23.5 Å². The molecule has 3 rings (SSSR count). The molecule has 0 aliphatic carbocycles. The zero-order valence-corrected chi connectivity index (χ0v) is 17.4. The lowest BCUT2D eigenvalue weighted by Crippen LogP contribution is -2.25. The molecule has 0 bridgehead atoms. The summed E-state index contributed by atoms with van der Waals surface area (Å²) in [6, 6.07) is 12.3. The summed E-state index contributed by atoms with van der Waals surface area (Å²) in [6.07, 6.45) is 2.78. The van der Waals surface area contributed by atoms with Crippen molar-refractivity contribution in [3.05, 3.63) is 65.6 Å². The number of hydrogen-bond acceptors (Lipinski definition) is 4. The number of ketones is 1. The van der Waals surface area contributed by atoms with Gasteiger partial charge in [0.1, 0.15) is 23.3 Å². The van der Waals surface area contributed by atoms with E-state index >= 15 is 0 Å². The average Bonchev–Trinajstić information content (AvgIpc) is 3.14. The number of carbonyl (C=O) groups excluding carboxylic acids is 2. The van der Waals surface area contributed by atoms with Crippen molar-refractivity contribution in [1.29, 1.82) is 0 Å². The molecular weight excluding hydrogens is 385 g/mol. The van der Waals surface area contributed by atoms with Crippen molar-refractivity contribution in [2.24, 2.45) is 5.92 Å². The van der Waals surface area contributed by atoms with Crippen LogP contribution in [0.4, 0.5) is 4.39 Å². The van der Waals surface area contributed by atoms with E-state index in [0.717, 1.165) is 22.3 Å². The number of Topliss-reactive ketones (excluding diaryl/α,β-unsaturated/α-hetero) is 1. The highest BCUT2D eigenvalue weighted by Crippen LogP contribution is 2.36. The molecule has 2 aromatic carbocycles. The van der Waals surface area contributed by atoms with Gasteiger partial charge in [0.15, 0.2) is 0 Å². The van der Waals surface area contributed by atoms with E-state index in [2.05, 4.69) is 4.98 Å². The zero-order chi connectivity index (χ0) is 21.7. The summed E-state index contributed by atoms with van der Waals surface area (Å²) in [5, 5.41) is 0.910. The van der Waals surface area contributed by atoms with Gasteiger partial charge in [-0.25, -0.2) is 4.39 Å². The molecule has 1 aromatic heterocycles. The second-order valence-electron chi connectivity index (χ2n) is 7.25. The normalized spacial score (nSPS) is 13.1. The van der Waals surface area contributed by atoms with E-state index < -0.39 is 11.9 Å². The lowest BCUT2D eigenvalue weighted by molar-refractivity contribution is -0.151. The summed E-state index contributed by atoms with van der Waals surface area (Å²) in [5.41, 5.74) is 2.71. The van der Waals surface area contributed by atoms with Crippen LogP contribution in [0.15, 0.2) is 48.7 Å². The average molecular weight is 411 g/mol. The maximum Gasteiger partial charge on any atom is 0.316 e. The van der Waals surface area contributed by atoms with Crippen molar-refractivity contribution in [2.75, 3.05) is 13.7 Å². The number of fused-ring (bicyclic) bond motifs is 1. The molecule has 158 valence electrons. The number of hydrogen-bond donors (Lipinski definition) is 1. The van der Waals surface area contributed by atoms with E-state index in [0.29, 0.717) is 18.4 Å². The van der Waals surface area contributed by atoms with Gasteiger partial charge in [-0.1, -0.05) is 12.1 Å². The Balaban J connectivity index is 1.96. The topological polar surface area (TPSA) is 68.4 Å². The maximum absolute atomic E-state index is 13.6. The van der Waals surface area contributed by atoms with Crippen LogP contribution < -0.4 is 4.74 Å². The molecule has 2 atom stereocenters. The Kier molecular flexibility index (Phi) is 6.87. The molecule has 3 aromatic rings. The third-order valence-electron chi connectivity index (χ3n) is 5.38.